The van der Waals surface area contributed by atoms with Gasteiger partial charge in [0.15, 0.2) is 0 Å². The molecule has 1 rings (SSSR count). The first-order valence-electron chi connectivity index (χ1n) is 4.69. The van der Waals surface area contributed by atoms with E-state index in [1.54, 1.807) is 7.11 Å². The van der Waals surface area contributed by atoms with Crippen molar-refractivity contribution < 1.29 is 14.4 Å². The highest BCUT2D eigenvalue weighted by molar-refractivity contribution is 5.71. The lowest BCUT2D eigenvalue weighted by molar-refractivity contribution is -0.135. The average molecular weight is 209 g/mol. The number of amides is 1. The molecule has 1 aromatic carbocycles. The third-order valence-electron chi connectivity index (χ3n) is 1.96. The Kier molecular flexibility index (Phi) is 4.12. The molecular weight excluding hydrogens is 194 g/mol. The maximum Gasteiger partial charge on any atom is 0.240 e. The van der Waals surface area contributed by atoms with Crippen LogP contribution in [0.25, 0.3) is 0 Å². The average Bonchev–Trinajstić information content (AvgIpc) is 2.26. The van der Waals surface area contributed by atoms with Gasteiger partial charge >= 0.3 is 0 Å². The van der Waals surface area contributed by atoms with Gasteiger partial charge in [-0.3, -0.25) is 9.63 Å². The van der Waals surface area contributed by atoms with Crippen molar-refractivity contribution in [3.05, 3.63) is 29.8 Å². The summed E-state index contributed by atoms with van der Waals surface area (Å²) in [6.07, 6.45) is -0.181. The maximum atomic E-state index is 10.6. The number of hydroxylamine groups is 1. The van der Waals surface area contributed by atoms with Crippen LogP contribution in [0.4, 0.5) is 0 Å². The van der Waals surface area contributed by atoms with Gasteiger partial charge in [-0.2, -0.15) is 0 Å². The molecular formula is C11H15NO3. The summed E-state index contributed by atoms with van der Waals surface area (Å²) in [6, 6.07) is 7.49. The van der Waals surface area contributed by atoms with Crippen LogP contribution in [0.3, 0.4) is 0 Å². The van der Waals surface area contributed by atoms with Gasteiger partial charge in [0.2, 0.25) is 5.91 Å². The standard InChI is InChI=1S/C11H15NO3/c1-8(15-12-9(2)13)10-4-6-11(14-3)7-5-10/h4-8H,1-3H3,(H,12,13). The predicted molar refractivity (Wildman–Crippen MR) is 56.3 cm³/mol. The van der Waals surface area contributed by atoms with Gasteiger partial charge in [-0.05, 0) is 24.6 Å². The minimum absolute atomic E-state index is 0.181. The molecule has 0 heterocycles. The van der Waals surface area contributed by atoms with E-state index in [0.717, 1.165) is 11.3 Å². The lowest BCUT2D eigenvalue weighted by Gasteiger charge is -2.12. The van der Waals surface area contributed by atoms with Crippen LogP contribution in [-0.2, 0) is 9.63 Å². The van der Waals surface area contributed by atoms with E-state index in [9.17, 15) is 4.79 Å². The number of ether oxygens (including phenoxy) is 1. The van der Waals surface area contributed by atoms with Crippen LogP contribution in [-0.4, -0.2) is 13.0 Å². The first-order valence-corrected chi connectivity index (χ1v) is 4.69. The Balaban J connectivity index is 2.57. The van der Waals surface area contributed by atoms with Gasteiger partial charge < -0.3 is 4.74 Å². The third kappa shape index (κ3) is 3.59. The van der Waals surface area contributed by atoms with Gasteiger partial charge in [0.05, 0.1) is 7.11 Å². The lowest BCUT2D eigenvalue weighted by Crippen LogP contribution is -2.22. The second-order valence-electron chi connectivity index (χ2n) is 3.19. The topological polar surface area (TPSA) is 47.6 Å². The van der Waals surface area contributed by atoms with Crippen molar-refractivity contribution >= 4 is 5.91 Å². The second kappa shape index (κ2) is 5.36. The normalized spacial score (nSPS) is 11.9. The number of carbonyl (C=O) groups is 1. The zero-order chi connectivity index (χ0) is 11.3. The molecule has 1 amide bonds. The summed E-state index contributed by atoms with van der Waals surface area (Å²) in [5, 5.41) is 0. The molecule has 4 nitrogen and oxygen atoms in total. The first-order chi connectivity index (χ1) is 7.13. The number of hydrogen-bond acceptors (Lipinski definition) is 3. The van der Waals surface area contributed by atoms with Crippen molar-refractivity contribution in [1.29, 1.82) is 0 Å². The van der Waals surface area contributed by atoms with Crippen molar-refractivity contribution in [2.75, 3.05) is 7.11 Å². The van der Waals surface area contributed by atoms with E-state index in [1.807, 2.05) is 31.2 Å². The molecule has 0 aliphatic heterocycles. The highest BCUT2D eigenvalue weighted by Crippen LogP contribution is 2.18. The van der Waals surface area contributed by atoms with E-state index >= 15 is 0 Å². The van der Waals surface area contributed by atoms with Gasteiger partial charge in [0.1, 0.15) is 11.9 Å². The van der Waals surface area contributed by atoms with Crippen LogP contribution in [0.15, 0.2) is 24.3 Å². The van der Waals surface area contributed by atoms with E-state index in [1.165, 1.54) is 6.92 Å². The molecule has 82 valence electrons. The number of rotatable bonds is 4. The summed E-state index contributed by atoms with van der Waals surface area (Å²) in [7, 11) is 1.62. The van der Waals surface area contributed by atoms with Gasteiger partial charge in [-0.15, -0.1) is 0 Å². The first kappa shape index (κ1) is 11.5. The molecule has 4 heteroatoms. The monoisotopic (exact) mass is 209 g/mol. The molecule has 0 radical (unpaired) electrons. The molecule has 0 aliphatic carbocycles. The van der Waals surface area contributed by atoms with Crippen LogP contribution in [0.5, 0.6) is 5.75 Å². The molecule has 0 spiro atoms. The van der Waals surface area contributed by atoms with E-state index in [-0.39, 0.29) is 12.0 Å². The fourth-order valence-electron chi connectivity index (χ4n) is 1.11. The zero-order valence-electron chi connectivity index (χ0n) is 9.11. The Morgan fingerprint density at radius 2 is 1.93 bits per heavy atom. The molecule has 15 heavy (non-hydrogen) atoms. The van der Waals surface area contributed by atoms with Crippen molar-refractivity contribution in [3.8, 4) is 5.75 Å². The smallest absolute Gasteiger partial charge is 0.240 e. The van der Waals surface area contributed by atoms with E-state index in [4.69, 9.17) is 9.57 Å². The number of methoxy groups -OCH3 is 1. The van der Waals surface area contributed by atoms with Gasteiger partial charge in [0.25, 0.3) is 0 Å². The Labute approximate surface area is 89.1 Å². The molecule has 1 N–H and O–H groups in total. The van der Waals surface area contributed by atoms with Gasteiger partial charge in [0, 0.05) is 6.92 Å². The maximum absolute atomic E-state index is 10.6. The zero-order valence-corrected chi connectivity index (χ0v) is 9.11. The number of hydrogen-bond donors (Lipinski definition) is 1. The number of benzene rings is 1. The highest BCUT2D eigenvalue weighted by atomic mass is 16.7. The summed E-state index contributed by atoms with van der Waals surface area (Å²) < 4.78 is 5.04. The summed E-state index contributed by atoms with van der Waals surface area (Å²) in [5.74, 6) is 0.584. The van der Waals surface area contributed by atoms with Crippen LogP contribution < -0.4 is 10.2 Å². The molecule has 0 aliphatic rings. The van der Waals surface area contributed by atoms with Crippen molar-refractivity contribution in [2.45, 2.75) is 20.0 Å². The Hall–Kier alpha value is -1.55. The van der Waals surface area contributed by atoms with E-state index in [2.05, 4.69) is 5.48 Å². The Bertz CT molecular complexity index is 321. The van der Waals surface area contributed by atoms with Gasteiger partial charge in [-0.25, -0.2) is 5.48 Å². The lowest BCUT2D eigenvalue weighted by atomic mass is 10.1. The fourth-order valence-corrected chi connectivity index (χ4v) is 1.11. The van der Waals surface area contributed by atoms with Crippen molar-refractivity contribution in [3.63, 3.8) is 0 Å². The van der Waals surface area contributed by atoms with E-state index in [0.29, 0.717) is 0 Å². The summed E-state index contributed by atoms with van der Waals surface area (Å²) in [4.78, 5) is 15.7. The molecule has 1 aromatic rings. The molecule has 1 atom stereocenters. The molecule has 0 saturated heterocycles. The van der Waals surface area contributed by atoms with E-state index < -0.39 is 0 Å². The molecule has 0 aromatic heterocycles. The second-order valence-corrected chi connectivity index (χ2v) is 3.19. The highest BCUT2D eigenvalue weighted by Gasteiger charge is 2.06. The van der Waals surface area contributed by atoms with Crippen molar-refractivity contribution in [1.82, 2.24) is 5.48 Å². The molecule has 0 bridgehead atoms. The Morgan fingerprint density at radius 1 is 1.33 bits per heavy atom. The van der Waals surface area contributed by atoms with Crippen LogP contribution >= 0.6 is 0 Å². The van der Waals surface area contributed by atoms with Crippen LogP contribution in [0, 0.1) is 0 Å². The number of nitrogens with one attached hydrogen (secondary N) is 1. The quantitative estimate of drug-likeness (QED) is 0.769. The summed E-state index contributed by atoms with van der Waals surface area (Å²) in [6.45, 7) is 3.26. The Morgan fingerprint density at radius 3 is 2.40 bits per heavy atom. The fraction of sp³-hybridized carbons (Fsp3) is 0.364. The summed E-state index contributed by atoms with van der Waals surface area (Å²) >= 11 is 0. The number of carbonyl (C=O) groups excluding carboxylic acids is 1. The van der Waals surface area contributed by atoms with Gasteiger partial charge in [-0.1, -0.05) is 12.1 Å². The van der Waals surface area contributed by atoms with Crippen molar-refractivity contribution in [2.24, 2.45) is 0 Å². The molecule has 0 saturated carbocycles. The van der Waals surface area contributed by atoms with Crippen LogP contribution in [0.1, 0.15) is 25.5 Å². The minimum Gasteiger partial charge on any atom is -0.497 e. The molecule has 1 unspecified atom stereocenters. The summed E-state index contributed by atoms with van der Waals surface area (Å²) in [5.41, 5.74) is 3.28. The molecule has 0 fully saturated rings. The minimum atomic E-state index is -0.213. The predicted octanol–water partition coefficient (Wildman–Crippen LogP) is 1.82. The largest absolute Gasteiger partial charge is 0.497 e. The van der Waals surface area contributed by atoms with Crippen LogP contribution in [0.2, 0.25) is 0 Å². The third-order valence-corrected chi connectivity index (χ3v) is 1.96. The SMILES string of the molecule is COc1ccc(C(C)ONC(C)=O)cc1.